The molecule has 1 fully saturated rings. The van der Waals surface area contributed by atoms with Crippen molar-refractivity contribution >= 4 is 22.9 Å². The van der Waals surface area contributed by atoms with E-state index in [0.717, 1.165) is 10.4 Å². The van der Waals surface area contributed by atoms with Crippen molar-refractivity contribution in [2.45, 2.75) is 45.1 Å². The van der Waals surface area contributed by atoms with Crippen LogP contribution in [-0.2, 0) is 6.42 Å². The minimum absolute atomic E-state index is 0.850. The zero-order valence-corrected chi connectivity index (χ0v) is 10.8. The van der Waals surface area contributed by atoms with Crippen LogP contribution in [-0.4, -0.2) is 12.6 Å². The second-order valence-corrected chi connectivity index (χ2v) is 6.09. The zero-order chi connectivity index (χ0) is 10.7. The first-order valence-corrected chi connectivity index (χ1v) is 6.93. The lowest BCUT2D eigenvalue weighted by Gasteiger charge is -2.01. The van der Waals surface area contributed by atoms with Gasteiger partial charge in [0.05, 0.1) is 4.34 Å². The molecule has 0 atom stereocenters. The smallest absolute Gasteiger partial charge is 0.0960 e. The number of unbranched alkanes of at least 4 members (excludes halogenated alkanes) is 1. The molecule has 1 saturated carbocycles. The summed E-state index contributed by atoms with van der Waals surface area (Å²) in [5.74, 6) is 0. The molecule has 3 heteroatoms. The van der Waals surface area contributed by atoms with Crippen LogP contribution in [0.2, 0.25) is 4.34 Å². The van der Waals surface area contributed by atoms with Crippen molar-refractivity contribution in [2.75, 3.05) is 6.54 Å². The number of hydrogen-bond acceptors (Lipinski definition) is 2. The first kappa shape index (κ1) is 11.4. The summed E-state index contributed by atoms with van der Waals surface area (Å²) in [6.45, 7) is 3.26. The first-order chi connectivity index (χ1) is 7.25. The van der Waals surface area contributed by atoms with E-state index in [2.05, 4.69) is 18.3 Å². The van der Waals surface area contributed by atoms with Gasteiger partial charge in [-0.15, -0.1) is 11.3 Å². The summed E-state index contributed by atoms with van der Waals surface area (Å²) >= 11 is 7.76. The van der Waals surface area contributed by atoms with Gasteiger partial charge in [0, 0.05) is 10.9 Å². The zero-order valence-electron chi connectivity index (χ0n) is 9.18. The van der Waals surface area contributed by atoms with E-state index in [1.807, 2.05) is 0 Å². The SMILES string of the molecule is Cc1cc(CCCCNC2CC2)sc1Cl. The molecule has 1 N–H and O–H groups in total. The molecule has 0 spiro atoms. The van der Waals surface area contributed by atoms with E-state index >= 15 is 0 Å². The highest BCUT2D eigenvalue weighted by Gasteiger charge is 2.19. The van der Waals surface area contributed by atoms with Crippen molar-refractivity contribution < 1.29 is 0 Å². The molecule has 1 aromatic heterocycles. The van der Waals surface area contributed by atoms with E-state index in [1.54, 1.807) is 11.3 Å². The highest BCUT2D eigenvalue weighted by Crippen LogP contribution is 2.27. The Morgan fingerprint density at radius 3 is 2.87 bits per heavy atom. The van der Waals surface area contributed by atoms with Crippen LogP contribution in [0.5, 0.6) is 0 Å². The molecule has 0 aliphatic heterocycles. The third-order valence-corrected chi connectivity index (χ3v) is 4.38. The Morgan fingerprint density at radius 2 is 2.27 bits per heavy atom. The maximum Gasteiger partial charge on any atom is 0.0960 e. The Bertz CT molecular complexity index is 298. The molecule has 0 amide bonds. The van der Waals surface area contributed by atoms with E-state index < -0.39 is 0 Å². The summed E-state index contributed by atoms with van der Waals surface area (Å²) in [6.07, 6.45) is 6.52. The minimum atomic E-state index is 0.850. The van der Waals surface area contributed by atoms with Crippen molar-refractivity contribution in [1.82, 2.24) is 5.32 Å². The molecule has 1 nitrogen and oxygen atoms in total. The van der Waals surface area contributed by atoms with Crippen LogP contribution in [0.4, 0.5) is 0 Å². The normalized spacial score (nSPS) is 15.9. The van der Waals surface area contributed by atoms with Crippen molar-refractivity contribution in [2.24, 2.45) is 0 Å². The molecule has 15 heavy (non-hydrogen) atoms. The third-order valence-electron chi connectivity index (χ3n) is 2.77. The summed E-state index contributed by atoms with van der Waals surface area (Å²) in [7, 11) is 0. The van der Waals surface area contributed by atoms with E-state index in [9.17, 15) is 0 Å². The standard InChI is InChI=1S/C12H18ClNS/c1-9-8-11(15-12(9)13)4-2-3-7-14-10-5-6-10/h8,10,14H,2-7H2,1H3. The molecule has 84 valence electrons. The van der Waals surface area contributed by atoms with Gasteiger partial charge < -0.3 is 5.32 Å². The van der Waals surface area contributed by atoms with Gasteiger partial charge in [0.15, 0.2) is 0 Å². The van der Waals surface area contributed by atoms with Gasteiger partial charge >= 0.3 is 0 Å². The number of hydrogen-bond donors (Lipinski definition) is 1. The summed E-state index contributed by atoms with van der Waals surface area (Å²) < 4.78 is 0.959. The molecule has 1 aliphatic rings. The Labute approximate surface area is 101 Å². The molecule has 2 rings (SSSR count). The summed E-state index contributed by atoms with van der Waals surface area (Å²) in [5, 5.41) is 3.54. The van der Waals surface area contributed by atoms with Crippen LogP contribution in [0, 0.1) is 6.92 Å². The van der Waals surface area contributed by atoms with Gasteiger partial charge in [0.25, 0.3) is 0 Å². The van der Waals surface area contributed by atoms with Crippen molar-refractivity contribution in [3.8, 4) is 0 Å². The molecule has 0 radical (unpaired) electrons. The number of aryl methyl sites for hydroxylation is 2. The third kappa shape index (κ3) is 3.78. The van der Waals surface area contributed by atoms with E-state index in [-0.39, 0.29) is 0 Å². The lowest BCUT2D eigenvalue weighted by atomic mass is 10.2. The molecule has 0 unspecified atom stereocenters. The lowest BCUT2D eigenvalue weighted by Crippen LogP contribution is -2.17. The molecular weight excluding hydrogens is 226 g/mol. The van der Waals surface area contributed by atoms with Crippen LogP contribution in [0.15, 0.2) is 6.07 Å². The lowest BCUT2D eigenvalue weighted by molar-refractivity contribution is 0.621. The molecular formula is C12H18ClNS. The number of thiophene rings is 1. The molecule has 0 saturated heterocycles. The topological polar surface area (TPSA) is 12.0 Å². The second-order valence-electron chi connectivity index (χ2n) is 4.35. The molecule has 0 aromatic carbocycles. The van der Waals surface area contributed by atoms with Crippen LogP contribution in [0.1, 0.15) is 36.1 Å². The Hall–Kier alpha value is -0.0500. The number of nitrogens with one attached hydrogen (secondary N) is 1. The quantitative estimate of drug-likeness (QED) is 0.750. The van der Waals surface area contributed by atoms with Gasteiger partial charge in [-0.25, -0.2) is 0 Å². The van der Waals surface area contributed by atoms with Crippen molar-refractivity contribution in [1.29, 1.82) is 0 Å². The number of halogens is 1. The average Bonchev–Trinajstić information content (AvgIpc) is 2.95. The fourth-order valence-electron chi connectivity index (χ4n) is 1.66. The average molecular weight is 244 g/mol. The van der Waals surface area contributed by atoms with Crippen molar-refractivity contribution in [3.63, 3.8) is 0 Å². The minimum Gasteiger partial charge on any atom is -0.314 e. The maximum absolute atomic E-state index is 6.03. The van der Waals surface area contributed by atoms with Gasteiger partial charge in [0.1, 0.15) is 0 Å². The van der Waals surface area contributed by atoms with Crippen molar-refractivity contribution in [3.05, 3.63) is 20.8 Å². The van der Waals surface area contributed by atoms with Crippen LogP contribution >= 0.6 is 22.9 Å². The van der Waals surface area contributed by atoms with E-state index in [4.69, 9.17) is 11.6 Å². The van der Waals surface area contributed by atoms with E-state index in [0.29, 0.717) is 0 Å². The molecule has 1 heterocycles. The van der Waals surface area contributed by atoms with Crippen LogP contribution < -0.4 is 5.32 Å². The largest absolute Gasteiger partial charge is 0.314 e. The fourth-order valence-corrected chi connectivity index (χ4v) is 2.95. The van der Waals surface area contributed by atoms with Gasteiger partial charge in [-0.3, -0.25) is 0 Å². The summed E-state index contributed by atoms with van der Waals surface area (Å²) in [5.41, 5.74) is 1.23. The Kier molecular flexibility index (Phi) is 4.06. The Balaban J connectivity index is 1.60. The summed E-state index contributed by atoms with van der Waals surface area (Å²) in [4.78, 5) is 1.43. The number of rotatable bonds is 6. The first-order valence-electron chi connectivity index (χ1n) is 5.74. The van der Waals surface area contributed by atoms with Crippen LogP contribution in [0.25, 0.3) is 0 Å². The molecule has 1 aromatic rings. The Morgan fingerprint density at radius 1 is 1.47 bits per heavy atom. The fraction of sp³-hybridized carbons (Fsp3) is 0.667. The predicted octanol–water partition coefficient (Wildman–Crippen LogP) is 3.78. The predicted molar refractivity (Wildman–Crippen MR) is 68.0 cm³/mol. The van der Waals surface area contributed by atoms with Gasteiger partial charge in [0.2, 0.25) is 0 Å². The van der Waals surface area contributed by atoms with Crippen LogP contribution in [0.3, 0.4) is 0 Å². The second kappa shape index (κ2) is 5.33. The van der Waals surface area contributed by atoms with E-state index in [1.165, 1.54) is 49.1 Å². The maximum atomic E-state index is 6.03. The highest BCUT2D eigenvalue weighted by molar-refractivity contribution is 7.16. The highest BCUT2D eigenvalue weighted by atomic mass is 35.5. The molecule has 1 aliphatic carbocycles. The van der Waals surface area contributed by atoms with Gasteiger partial charge in [-0.1, -0.05) is 11.6 Å². The van der Waals surface area contributed by atoms with Gasteiger partial charge in [-0.2, -0.15) is 0 Å². The monoisotopic (exact) mass is 243 g/mol. The van der Waals surface area contributed by atoms with Gasteiger partial charge in [-0.05, 0) is 57.2 Å². The molecule has 0 bridgehead atoms. The summed E-state index contributed by atoms with van der Waals surface area (Å²) in [6, 6.07) is 3.07.